The Balaban J connectivity index is 1.29. The lowest BCUT2D eigenvalue weighted by Gasteiger charge is -2.32. The highest BCUT2D eigenvalue weighted by Crippen LogP contribution is 2.24. The SMILES string of the molecule is Cc1cc(C)n(-c2cc(NC(=O)C3CCCN(c4cc(-n5ccnc5)ncn4)C3)ncn2)n1. The number of hydrogen-bond acceptors (Lipinski definition) is 8. The first kappa shape index (κ1) is 20.7. The van der Waals surface area contributed by atoms with Crippen LogP contribution < -0.4 is 10.2 Å². The van der Waals surface area contributed by atoms with Crippen molar-refractivity contribution in [2.24, 2.45) is 5.92 Å². The highest BCUT2D eigenvalue weighted by atomic mass is 16.2. The van der Waals surface area contributed by atoms with Gasteiger partial charge in [-0.05, 0) is 32.8 Å². The summed E-state index contributed by atoms with van der Waals surface area (Å²) in [6, 6.07) is 5.62. The summed E-state index contributed by atoms with van der Waals surface area (Å²) in [6.07, 6.45) is 9.90. The molecule has 1 atom stereocenters. The van der Waals surface area contributed by atoms with Crippen molar-refractivity contribution in [1.29, 1.82) is 0 Å². The second-order valence-corrected chi connectivity index (χ2v) is 8.08. The Morgan fingerprint density at radius 3 is 2.64 bits per heavy atom. The van der Waals surface area contributed by atoms with Gasteiger partial charge in [-0.2, -0.15) is 5.10 Å². The molecule has 0 radical (unpaired) electrons. The molecule has 4 aromatic heterocycles. The average molecular weight is 445 g/mol. The first-order valence-corrected chi connectivity index (χ1v) is 10.8. The number of aromatic nitrogens is 8. The van der Waals surface area contributed by atoms with Gasteiger partial charge in [0.2, 0.25) is 5.91 Å². The number of carbonyl (C=O) groups is 1. The Morgan fingerprint density at radius 2 is 1.85 bits per heavy atom. The lowest BCUT2D eigenvalue weighted by molar-refractivity contribution is -0.120. The number of carbonyl (C=O) groups excluding carboxylic acids is 1. The van der Waals surface area contributed by atoms with Gasteiger partial charge in [0.05, 0.1) is 11.6 Å². The molecule has 1 aliphatic rings. The van der Waals surface area contributed by atoms with Crippen LogP contribution in [0.25, 0.3) is 11.6 Å². The molecule has 1 fully saturated rings. The first-order chi connectivity index (χ1) is 16.1. The smallest absolute Gasteiger partial charge is 0.230 e. The third kappa shape index (κ3) is 4.43. The van der Waals surface area contributed by atoms with Gasteiger partial charge in [-0.1, -0.05) is 0 Å². The lowest BCUT2D eigenvalue weighted by Crippen LogP contribution is -2.41. The van der Waals surface area contributed by atoms with E-state index in [-0.39, 0.29) is 11.8 Å². The molecule has 0 saturated carbocycles. The van der Waals surface area contributed by atoms with Gasteiger partial charge in [0, 0.05) is 43.3 Å². The molecule has 1 amide bonds. The van der Waals surface area contributed by atoms with Crippen molar-refractivity contribution in [2.45, 2.75) is 26.7 Å². The summed E-state index contributed by atoms with van der Waals surface area (Å²) < 4.78 is 3.57. The minimum Gasteiger partial charge on any atom is -0.356 e. The Kier molecular flexibility index (Phi) is 5.51. The molecule has 0 aliphatic carbocycles. The molecule has 1 unspecified atom stereocenters. The largest absolute Gasteiger partial charge is 0.356 e. The summed E-state index contributed by atoms with van der Waals surface area (Å²) in [5, 5.41) is 7.40. The molecule has 168 valence electrons. The van der Waals surface area contributed by atoms with Crippen molar-refractivity contribution in [3.8, 4) is 11.6 Å². The standard InChI is InChI=1S/C22H24N10O/c1-15-8-16(2)32(29-15)21-9-18(24-12-27-21)28-22(33)17-4-3-6-30(11-17)19-10-20(26-13-25-19)31-7-5-23-14-31/h5,7-10,12-14,17H,3-4,6,11H2,1-2H3,(H,24,27,28,33). The van der Waals surface area contributed by atoms with E-state index in [0.717, 1.165) is 42.4 Å². The Labute approximate surface area is 190 Å². The molecule has 5 heterocycles. The number of anilines is 2. The van der Waals surface area contributed by atoms with Crippen LogP contribution in [0, 0.1) is 19.8 Å². The minimum absolute atomic E-state index is 0.0680. The van der Waals surface area contributed by atoms with Crippen LogP contribution in [-0.4, -0.2) is 58.3 Å². The van der Waals surface area contributed by atoms with E-state index in [4.69, 9.17) is 0 Å². The second kappa shape index (κ2) is 8.77. The van der Waals surface area contributed by atoms with E-state index >= 15 is 0 Å². The zero-order valence-corrected chi connectivity index (χ0v) is 18.5. The van der Waals surface area contributed by atoms with E-state index in [2.05, 4.69) is 40.2 Å². The summed E-state index contributed by atoms with van der Waals surface area (Å²) in [4.78, 5) is 36.5. The number of rotatable bonds is 5. The maximum atomic E-state index is 13.1. The number of piperidine rings is 1. The van der Waals surface area contributed by atoms with Gasteiger partial charge >= 0.3 is 0 Å². The fourth-order valence-electron chi connectivity index (χ4n) is 4.07. The molecular weight excluding hydrogens is 420 g/mol. The van der Waals surface area contributed by atoms with Gasteiger partial charge in [-0.15, -0.1) is 0 Å². The maximum absolute atomic E-state index is 13.1. The number of aryl methyl sites for hydroxylation is 2. The van der Waals surface area contributed by atoms with Crippen molar-refractivity contribution in [3.05, 3.63) is 61.0 Å². The van der Waals surface area contributed by atoms with Crippen LogP contribution in [-0.2, 0) is 4.79 Å². The predicted molar refractivity (Wildman–Crippen MR) is 121 cm³/mol. The summed E-state index contributed by atoms with van der Waals surface area (Å²) in [6.45, 7) is 5.29. The molecule has 11 heteroatoms. The molecule has 33 heavy (non-hydrogen) atoms. The number of hydrogen-bond donors (Lipinski definition) is 1. The molecule has 11 nitrogen and oxygen atoms in total. The van der Waals surface area contributed by atoms with Crippen molar-refractivity contribution in [3.63, 3.8) is 0 Å². The number of imidazole rings is 1. The molecule has 4 aromatic rings. The fourth-order valence-corrected chi connectivity index (χ4v) is 4.07. The van der Waals surface area contributed by atoms with E-state index in [1.165, 1.54) is 12.7 Å². The lowest BCUT2D eigenvalue weighted by atomic mass is 9.97. The van der Waals surface area contributed by atoms with Crippen molar-refractivity contribution in [1.82, 2.24) is 39.3 Å². The minimum atomic E-state index is -0.183. The van der Waals surface area contributed by atoms with E-state index in [9.17, 15) is 4.79 Å². The van der Waals surface area contributed by atoms with Gasteiger partial charge < -0.3 is 10.2 Å². The van der Waals surface area contributed by atoms with Gasteiger partial charge in [0.15, 0.2) is 5.82 Å². The molecule has 0 spiro atoms. The van der Waals surface area contributed by atoms with Crippen LogP contribution in [0.5, 0.6) is 0 Å². The summed E-state index contributed by atoms with van der Waals surface area (Å²) in [5.74, 6) is 2.35. The number of nitrogens with one attached hydrogen (secondary N) is 1. The van der Waals surface area contributed by atoms with Crippen LogP contribution >= 0.6 is 0 Å². The third-order valence-corrected chi connectivity index (χ3v) is 5.65. The quantitative estimate of drug-likeness (QED) is 0.497. The zero-order chi connectivity index (χ0) is 22.8. The topological polar surface area (TPSA) is 120 Å². The highest BCUT2D eigenvalue weighted by molar-refractivity contribution is 5.92. The molecule has 1 saturated heterocycles. The van der Waals surface area contributed by atoms with Gasteiger partial charge in [0.25, 0.3) is 0 Å². The van der Waals surface area contributed by atoms with Gasteiger partial charge in [0.1, 0.15) is 36.4 Å². The number of nitrogens with zero attached hydrogens (tertiary/aromatic N) is 9. The summed E-state index contributed by atoms with van der Waals surface area (Å²) in [5.41, 5.74) is 1.87. The average Bonchev–Trinajstić information content (AvgIpc) is 3.49. The maximum Gasteiger partial charge on any atom is 0.230 e. The van der Waals surface area contributed by atoms with Crippen molar-refractivity contribution >= 4 is 17.5 Å². The molecular formula is C22H24N10O. The normalized spacial score (nSPS) is 16.1. The predicted octanol–water partition coefficient (Wildman–Crippen LogP) is 2.11. The van der Waals surface area contributed by atoms with Gasteiger partial charge in [-0.25, -0.2) is 29.6 Å². The van der Waals surface area contributed by atoms with Crippen molar-refractivity contribution < 1.29 is 4.79 Å². The Hall–Kier alpha value is -4.15. The van der Waals surface area contributed by atoms with E-state index in [0.29, 0.717) is 18.2 Å². The monoisotopic (exact) mass is 444 g/mol. The second-order valence-electron chi connectivity index (χ2n) is 8.08. The zero-order valence-electron chi connectivity index (χ0n) is 18.5. The van der Waals surface area contributed by atoms with Crippen LogP contribution in [0.2, 0.25) is 0 Å². The Morgan fingerprint density at radius 1 is 1.03 bits per heavy atom. The van der Waals surface area contributed by atoms with Gasteiger partial charge in [-0.3, -0.25) is 9.36 Å². The molecule has 0 bridgehead atoms. The highest BCUT2D eigenvalue weighted by Gasteiger charge is 2.27. The number of amides is 1. The molecule has 5 rings (SSSR count). The molecule has 0 aromatic carbocycles. The van der Waals surface area contributed by atoms with Crippen LogP contribution in [0.3, 0.4) is 0 Å². The Bertz CT molecular complexity index is 1270. The van der Waals surface area contributed by atoms with Crippen LogP contribution in [0.4, 0.5) is 11.6 Å². The molecule has 1 aliphatic heterocycles. The molecule has 1 N–H and O–H groups in total. The summed E-state index contributed by atoms with van der Waals surface area (Å²) in [7, 11) is 0. The van der Waals surface area contributed by atoms with E-state index in [1.54, 1.807) is 23.3 Å². The summed E-state index contributed by atoms with van der Waals surface area (Å²) >= 11 is 0. The van der Waals surface area contributed by atoms with E-state index < -0.39 is 0 Å². The first-order valence-electron chi connectivity index (χ1n) is 10.8. The van der Waals surface area contributed by atoms with Crippen LogP contribution in [0.1, 0.15) is 24.2 Å². The van der Waals surface area contributed by atoms with Crippen molar-refractivity contribution in [2.75, 3.05) is 23.3 Å². The van der Waals surface area contributed by atoms with E-state index in [1.807, 2.05) is 36.7 Å². The third-order valence-electron chi connectivity index (χ3n) is 5.65. The fraction of sp³-hybridized carbons (Fsp3) is 0.318. The van der Waals surface area contributed by atoms with Crippen LogP contribution in [0.15, 0.2) is 49.6 Å².